The van der Waals surface area contributed by atoms with Crippen LogP contribution < -0.4 is 10.5 Å². The van der Waals surface area contributed by atoms with Gasteiger partial charge in [0.15, 0.2) is 5.75 Å². The first-order chi connectivity index (χ1) is 8.06. The molecule has 0 atom stereocenters. The van der Waals surface area contributed by atoms with E-state index in [1.54, 1.807) is 12.1 Å². The molecule has 0 bridgehead atoms. The number of hydrogen-bond donors (Lipinski definition) is 1. The van der Waals surface area contributed by atoms with Gasteiger partial charge >= 0.3 is 0 Å². The summed E-state index contributed by atoms with van der Waals surface area (Å²) in [5, 5.41) is 1.22. The fourth-order valence-corrected chi connectivity index (χ4v) is 1.70. The summed E-state index contributed by atoms with van der Waals surface area (Å²) in [4.78, 5) is 3.89. The van der Waals surface area contributed by atoms with E-state index in [9.17, 15) is 0 Å². The quantitative estimate of drug-likeness (QED) is 0.833. The minimum absolute atomic E-state index is 0.367. The maximum Gasteiger partial charge on any atom is 0.151 e. The molecule has 0 amide bonds. The Morgan fingerprint density at radius 2 is 1.71 bits per heavy atom. The molecule has 0 fully saturated rings. The van der Waals surface area contributed by atoms with Gasteiger partial charge in [-0.2, -0.15) is 0 Å². The van der Waals surface area contributed by atoms with Crippen molar-refractivity contribution >= 4 is 40.5 Å². The predicted molar refractivity (Wildman–Crippen MR) is 70.2 cm³/mol. The molecule has 0 aliphatic rings. The van der Waals surface area contributed by atoms with Crippen LogP contribution in [0, 0.1) is 0 Å². The van der Waals surface area contributed by atoms with E-state index in [4.69, 9.17) is 45.3 Å². The number of pyridine rings is 1. The summed E-state index contributed by atoms with van der Waals surface area (Å²) in [6, 6.07) is 4.69. The number of aromatic nitrogens is 1. The van der Waals surface area contributed by atoms with E-state index >= 15 is 0 Å². The molecular formula is C11H7Cl3N2O. The highest BCUT2D eigenvalue weighted by Gasteiger charge is 2.07. The predicted octanol–water partition coefficient (Wildman–Crippen LogP) is 4.42. The van der Waals surface area contributed by atoms with Crippen molar-refractivity contribution in [1.29, 1.82) is 0 Å². The van der Waals surface area contributed by atoms with Crippen molar-refractivity contribution in [3.63, 3.8) is 0 Å². The molecule has 0 aliphatic carbocycles. The summed E-state index contributed by atoms with van der Waals surface area (Å²) in [7, 11) is 0. The van der Waals surface area contributed by atoms with Crippen LogP contribution in [0.1, 0.15) is 0 Å². The summed E-state index contributed by atoms with van der Waals surface area (Å²) >= 11 is 17.5. The number of benzene rings is 1. The molecule has 0 aliphatic heterocycles. The minimum Gasteiger partial charge on any atom is -0.453 e. The second-order valence-corrected chi connectivity index (χ2v) is 4.50. The van der Waals surface area contributed by atoms with Crippen molar-refractivity contribution in [1.82, 2.24) is 4.98 Å². The van der Waals surface area contributed by atoms with Crippen molar-refractivity contribution in [2.45, 2.75) is 0 Å². The zero-order valence-electron chi connectivity index (χ0n) is 8.45. The Hall–Kier alpha value is -1.16. The average Bonchev–Trinajstić information content (AvgIpc) is 2.26. The zero-order valence-corrected chi connectivity index (χ0v) is 10.7. The first-order valence-electron chi connectivity index (χ1n) is 4.59. The maximum absolute atomic E-state index is 5.87. The van der Waals surface area contributed by atoms with Crippen LogP contribution in [0.3, 0.4) is 0 Å². The first-order valence-corrected chi connectivity index (χ1v) is 5.72. The lowest BCUT2D eigenvalue weighted by atomic mass is 10.3. The van der Waals surface area contributed by atoms with Crippen LogP contribution in [-0.2, 0) is 0 Å². The Kier molecular flexibility index (Phi) is 3.62. The van der Waals surface area contributed by atoms with Crippen LogP contribution in [0.5, 0.6) is 11.5 Å². The van der Waals surface area contributed by atoms with Crippen LogP contribution in [0.2, 0.25) is 15.1 Å². The minimum atomic E-state index is 0.367. The Bertz CT molecular complexity index is 560. The summed E-state index contributed by atoms with van der Waals surface area (Å²) in [5.74, 6) is 0.881. The lowest BCUT2D eigenvalue weighted by Crippen LogP contribution is -1.93. The summed E-state index contributed by atoms with van der Waals surface area (Å²) < 4.78 is 5.51. The van der Waals surface area contributed by atoms with Crippen molar-refractivity contribution in [3.05, 3.63) is 45.7 Å². The van der Waals surface area contributed by atoms with Gasteiger partial charge in [-0.25, -0.2) is 0 Å². The highest BCUT2D eigenvalue weighted by molar-refractivity contribution is 6.42. The summed E-state index contributed by atoms with van der Waals surface area (Å²) in [5.41, 5.74) is 6.14. The van der Waals surface area contributed by atoms with Gasteiger partial charge in [0.25, 0.3) is 0 Å². The third kappa shape index (κ3) is 2.94. The number of nitrogens with two attached hydrogens (primary N) is 1. The molecule has 88 valence electrons. The Morgan fingerprint density at radius 1 is 1.00 bits per heavy atom. The van der Waals surface area contributed by atoms with Crippen molar-refractivity contribution in [3.8, 4) is 11.5 Å². The van der Waals surface area contributed by atoms with Crippen LogP contribution in [-0.4, -0.2) is 4.98 Å². The zero-order chi connectivity index (χ0) is 12.4. The van der Waals surface area contributed by atoms with Gasteiger partial charge in [0.2, 0.25) is 0 Å². The van der Waals surface area contributed by atoms with Crippen LogP contribution in [0.15, 0.2) is 30.6 Å². The van der Waals surface area contributed by atoms with Crippen molar-refractivity contribution in [2.24, 2.45) is 0 Å². The topological polar surface area (TPSA) is 48.1 Å². The molecule has 0 radical (unpaired) electrons. The molecule has 1 heterocycles. The number of anilines is 1. The fraction of sp³-hybridized carbons (Fsp3) is 0. The van der Waals surface area contributed by atoms with Gasteiger partial charge in [-0.05, 0) is 6.07 Å². The Labute approximate surface area is 113 Å². The Balaban J connectivity index is 2.33. The van der Waals surface area contributed by atoms with E-state index in [1.165, 1.54) is 18.5 Å². The van der Waals surface area contributed by atoms with E-state index in [0.29, 0.717) is 32.3 Å². The van der Waals surface area contributed by atoms with E-state index in [1.807, 2.05) is 0 Å². The molecule has 0 spiro atoms. The van der Waals surface area contributed by atoms with Gasteiger partial charge in [0, 0.05) is 18.3 Å². The van der Waals surface area contributed by atoms with Gasteiger partial charge in [-0.3, -0.25) is 4.98 Å². The number of rotatable bonds is 2. The molecular weight excluding hydrogens is 282 g/mol. The van der Waals surface area contributed by atoms with Gasteiger partial charge in [0.05, 0.1) is 27.0 Å². The summed E-state index contributed by atoms with van der Waals surface area (Å²) in [6.45, 7) is 0. The molecule has 0 saturated heterocycles. The standard InChI is InChI=1S/C11H7Cl3N2O/c12-6-1-7(5-16-4-6)17-11-3-9(14)8(13)2-10(11)15/h1-5H,15H2. The summed E-state index contributed by atoms with van der Waals surface area (Å²) in [6.07, 6.45) is 3.03. The molecule has 1 aromatic carbocycles. The van der Waals surface area contributed by atoms with Gasteiger partial charge in [0.1, 0.15) is 5.75 Å². The number of halogens is 3. The van der Waals surface area contributed by atoms with E-state index in [0.717, 1.165) is 0 Å². The van der Waals surface area contributed by atoms with E-state index in [2.05, 4.69) is 4.98 Å². The largest absolute Gasteiger partial charge is 0.453 e. The second-order valence-electron chi connectivity index (χ2n) is 3.25. The second kappa shape index (κ2) is 5.00. The van der Waals surface area contributed by atoms with Gasteiger partial charge in [-0.1, -0.05) is 34.8 Å². The van der Waals surface area contributed by atoms with Crippen molar-refractivity contribution < 1.29 is 4.74 Å². The first kappa shape index (κ1) is 12.3. The molecule has 0 unspecified atom stereocenters. The molecule has 6 heteroatoms. The maximum atomic E-state index is 5.87. The molecule has 2 aromatic rings. The average molecular weight is 290 g/mol. The number of nitrogen functional groups attached to an aromatic ring is 1. The lowest BCUT2D eigenvalue weighted by molar-refractivity contribution is 0.483. The van der Waals surface area contributed by atoms with Gasteiger partial charge in [-0.15, -0.1) is 0 Å². The lowest BCUT2D eigenvalue weighted by Gasteiger charge is -2.09. The van der Waals surface area contributed by atoms with E-state index in [-0.39, 0.29) is 0 Å². The molecule has 17 heavy (non-hydrogen) atoms. The molecule has 2 rings (SSSR count). The normalized spacial score (nSPS) is 10.3. The SMILES string of the molecule is Nc1cc(Cl)c(Cl)cc1Oc1cncc(Cl)c1. The van der Waals surface area contributed by atoms with Crippen LogP contribution in [0.4, 0.5) is 5.69 Å². The number of nitrogens with zero attached hydrogens (tertiary/aromatic N) is 1. The number of hydrogen-bond acceptors (Lipinski definition) is 3. The monoisotopic (exact) mass is 288 g/mol. The third-order valence-corrected chi connectivity index (χ3v) is 2.89. The van der Waals surface area contributed by atoms with E-state index < -0.39 is 0 Å². The molecule has 1 aromatic heterocycles. The smallest absolute Gasteiger partial charge is 0.151 e. The Morgan fingerprint density at radius 3 is 2.41 bits per heavy atom. The third-order valence-electron chi connectivity index (χ3n) is 1.96. The fourth-order valence-electron chi connectivity index (χ4n) is 1.21. The molecule has 2 N–H and O–H groups in total. The number of ether oxygens (including phenoxy) is 1. The highest BCUT2D eigenvalue weighted by atomic mass is 35.5. The highest BCUT2D eigenvalue weighted by Crippen LogP contribution is 2.35. The molecule has 3 nitrogen and oxygen atoms in total. The van der Waals surface area contributed by atoms with Gasteiger partial charge < -0.3 is 10.5 Å². The van der Waals surface area contributed by atoms with Crippen molar-refractivity contribution in [2.75, 3.05) is 5.73 Å². The molecule has 0 saturated carbocycles. The van der Waals surface area contributed by atoms with Crippen LogP contribution >= 0.6 is 34.8 Å². The van der Waals surface area contributed by atoms with Crippen LogP contribution in [0.25, 0.3) is 0 Å².